The summed E-state index contributed by atoms with van der Waals surface area (Å²) in [6.45, 7) is 9.44. The zero-order valence-electron chi connectivity index (χ0n) is 44.2. The number of anilines is 3. The van der Waals surface area contributed by atoms with Crippen LogP contribution in [0.3, 0.4) is 0 Å². The molecule has 3 aliphatic heterocycles. The molecular formula is C57H63ClF4N5O8PS3. The average Bonchev–Trinajstić information content (AvgIpc) is 4.17. The number of nitrogens with zero attached hydrogens (tertiary/aromatic N) is 5. The van der Waals surface area contributed by atoms with Crippen LogP contribution in [0.5, 0.6) is 0 Å². The lowest BCUT2D eigenvalue weighted by Gasteiger charge is -2.37. The van der Waals surface area contributed by atoms with Gasteiger partial charge in [0.2, 0.25) is 0 Å². The topological polar surface area (TPSA) is 150 Å². The van der Waals surface area contributed by atoms with Gasteiger partial charge in [-0.1, -0.05) is 48.0 Å². The fourth-order valence-corrected chi connectivity index (χ4v) is 16.9. The Balaban J connectivity index is 0.934. The number of piperidine rings is 1. The van der Waals surface area contributed by atoms with Crippen LogP contribution in [0, 0.1) is 24.6 Å². The van der Waals surface area contributed by atoms with Gasteiger partial charge in [-0.05, 0) is 168 Å². The summed E-state index contributed by atoms with van der Waals surface area (Å²) in [5, 5.41) is 9.83. The van der Waals surface area contributed by atoms with Crippen molar-refractivity contribution in [3.8, 4) is 22.4 Å². The van der Waals surface area contributed by atoms with Gasteiger partial charge in [0.15, 0.2) is 9.84 Å². The van der Waals surface area contributed by atoms with Gasteiger partial charge in [0, 0.05) is 82.5 Å². The SMILES string of the molecule is Cc1c(S(C)(=O)=O)c(-c2cc(F)cc(N3CCN(c4ccc(N5CCO[P@]5(=O)c5ccc(C[C@H](CCN6CCC(C(=O)O)CC6)CSc6ccccc6)c(S(=O)(=O)C(F)(F)F)c5)cc4)CC3)c2)c(-c2ccc(Cl)cc2)n1C(C)C. The predicted octanol–water partition coefficient (Wildman–Crippen LogP) is 12.0. The van der Waals surface area contributed by atoms with E-state index in [2.05, 4.69) is 9.80 Å². The highest BCUT2D eigenvalue weighted by Gasteiger charge is 2.49. The molecule has 22 heteroatoms. The number of thioether (sulfide) groups is 1. The first-order valence-electron chi connectivity index (χ1n) is 26.1. The van der Waals surface area contributed by atoms with Crippen LogP contribution in [0.15, 0.2) is 130 Å². The first-order chi connectivity index (χ1) is 37.4. The molecular weight excluding hydrogens is 1120 g/mol. The first-order valence-corrected chi connectivity index (χ1v) is 32.5. The minimum Gasteiger partial charge on any atom is -0.481 e. The lowest BCUT2D eigenvalue weighted by molar-refractivity contribution is -0.143. The van der Waals surface area contributed by atoms with E-state index in [4.69, 9.17) is 16.1 Å². The van der Waals surface area contributed by atoms with E-state index < -0.39 is 55.3 Å². The van der Waals surface area contributed by atoms with Gasteiger partial charge in [-0.2, -0.15) is 13.2 Å². The van der Waals surface area contributed by atoms with Crippen molar-refractivity contribution >= 4 is 78.9 Å². The molecule has 6 aromatic rings. The van der Waals surface area contributed by atoms with Crippen LogP contribution in [0.1, 0.15) is 50.4 Å². The number of benzene rings is 5. The predicted molar refractivity (Wildman–Crippen MR) is 305 cm³/mol. The van der Waals surface area contributed by atoms with E-state index in [-0.39, 0.29) is 47.3 Å². The second-order valence-electron chi connectivity index (χ2n) is 20.7. The van der Waals surface area contributed by atoms with E-state index in [9.17, 15) is 39.9 Å². The zero-order valence-corrected chi connectivity index (χ0v) is 48.3. The fourth-order valence-electron chi connectivity index (χ4n) is 11.2. The van der Waals surface area contributed by atoms with Gasteiger partial charge in [0.05, 0.1) is 39.9 Å². The normalized spacial score (nSPS) is 18.4. The quantitative estimate of drug-likeness (QED) is 0.0494. The number of likely N-dealkylation sites (tertiary alicyclic amines) is 1. The minimum absolute atomic E-state index is 0.0186. The van der Waals surface area contributed by atoms with Crippen molar-refractivity contribution in [2.45, 2.75) is 72.7 Å². The van der Waals surface area contributed by atoms with Crippen molar-refractivity contribution < 1.29 is 53.4 Å². The van der Waals surface area contributed by atoms with Crippen molar-refractivity contribution in [2.24, 2.45) is 11.8 Å². The smallest absolute Gasteiger partial charge is 0.481 e. The van der Waals surface area contributed by atoms with Gasteiger partial charge < -0.3 is 28.9 Å². The van der Waals surface area contributed by atoms with E-state index in [0.29, 0.717) is 110 Å². The monoisotopic (exact) mass is 1180 g/mol. The Morgan fingerprint density at radius 3 is 2.05 bits per heavy atom. The summed E-state index contributed by atoms with van der Waals surface area (Å²) in [5.74, 6) is -1.61. The van der Waals surface area contributed by atoms with Gasteiger partial charge in [-0.15, -0.1) is 11.8 Å². The molecule has 1 aromatic heterocycles. The third-order valence-electron chi connectivity index (χ3n) is 15.1. The number of hydrogen-bond acceptors (Lipinski definition) is 11. The van der Waals surface area contributed by atoms with Crippen LogP contribution in [-0.2, 0) is 40.0 Å². The molecule has 9 rings (SSSR count). The molecule has 0 aliphatic carbocycles. The lowest BCUT2D eigenvalue weighted by Crippen LogP contribution is -2.46. The summed E-state index contributed by atoms with van der Waals surface area (Å²) in [7, 11) is -13.9. The molecule has 2 atom stereocenters. The number of aliphatic carboxylic acids is 1. The van der Waals surface area contributed by atoms with Crippen molar-refractivity contribution in [1.29, 1.82) is 0 Å². The van der Waals surface area contributed by atoms with Crippen molar-refractivity contribution in [3.63, 3.8) is 0 Å². The number of sulfone groups is 2. The van der Waals surface area contributed by atoms with E-state index in [0.717, 1.165) is 28.5 Å². The van der Waals surface area contributed by atoms with E-state index in [1.807, 2.05) is 84.0 Å². The van der Waals surface area contributed by atoms with E-state index in [1.165, 1.54) is 40.7 Å². The van der Waals surface area contributed by atoms with Crippen LogP contribution in [0.4, 0.5) is 34.6 Å². The average molecular weight is 1180 g/mol. The number of hydrogen-bond donors (Lipinski definition) is 1. The number of aromatic nitrogens is 1. The molecule has 3 fully saturated rings. The number of carboxylic acids is 1. The Morgan fingerprint density at radius 2 is 1.44 bits per heavy atom. The van der Waals surface area contributed by atoms with Gasteiger partial charge in [0.1, 0.15) is 5.82 Å². The summed E-state index contributed by atoms with van der Waals surface area (Å²) >= 11 is 7.78. The van der Waals surface area contributed by atoms with Crippen molar-refractivity contribution in [3.05, 3.63) is 137 Å². The van der Waals surface area contributed by atoms with Crippen molar-refractivity contribution in [1.82, 2.24) is 9.47 Å². The molecule has 0 unspecified atom stereocenters. The molecule has 1 N–H and O–H groups in total. The van der Waals surface area contributed by atoms with Gasteiger partial charge in [-0.25, -0.2) is 21.2 Å². The second-order valence-corrected chi connectivity index (χ2v) is 28.4. The summed E-state index contributed by atoms with van der Waals surface area (Å²) in [5.41, 5.74) is -1.11. The molecule has 0 radical (unpaired) electrons. The largest absolute Gasteiger partial charge is 0.501 e. The second kappa shape index (κ2) is 23.6. The van der Waals surface area contributed by atoms with Crippen LogP contribution in [-0.4, -0.2) is 114 Å². The maximum Gasteiger partial charge on any atom is 0.501 e. The van der Waals surface area contributed by atoms with Crippen LogP contribution in [0.2, 0.25) is 5.02 Å². The number of piperazine rings is 1. The standard InChI is InChI=1S/C57H63ClF4N5O8PS3/c1-38(2)67-39(3)55(78(4,71)72)53(54(67)41-10-13-45(58)14-11-41)44-33-46(59)35-49(34-44)65-28-26-64(27-29-65)47-15-17-48(18-16-47)66-30-31-75-76(66,70)50-19-12-43(52(36-50)79(73,74)57(60,61)62)32-40(37-77-51-8-6-5-7-9-51)20-23-63-24-21-42(22-25-63)56(68)69/h5-19,33-36,38,40,42H,20-32,37H2,1-4H3,(H,68,69)/t40-,76+/m0/s1. The van der Waals surface area contributed by atoms with Crippen LogP contribution in [0.25, 0.3) is 22.4 Å². The van der Waals surface area contributed by atoms with Crippen LogP contribution < -0.4 is 19.8 Å². The third-order valence-corrected chi connectivity index (χ3v) is 21.9. The highest BCUT2D eigenvalue weighted by atomic mass is 35.5. The molecule has 0 amide bonds. The molecule has 3 saturated heterocycles. The molecule has 79 heavy (non-hydrogen) atoms. The summed E-state index contributed by atoms with van der Waals surface area (Å²) in [6.07, 6.45) is 2.62. The Bertz CT molecular complexity index is 3470. The van der Waals surface area contributed by atoms with E-state index in [1.54, 1.807) is 31.2 Å². The molecule has 5 aromatic carbocycles. The highest BCUT2D eigenvalue weighted by Crippen LogP contribution is 2.56. The highest BCUT2D eigenvalue weighted by molar-refractivity contribution is 7.99. The summed E-state index contributed by atoms with van der Waals surface area (Å²) in [4.78, 5) is 18.0. The Kier molecular flexibility index (Phi) is 17.4. The number of alkyl halides is 3. The molecule has 3 aliphatic rings. The first kappa shape index (κ1) is 58.3. The molecule has 4 heterocycles. The van der Waals surface area contributed by atoms with Crippen molar-refractivity contribution in [2.75, 3.05) is 85.4 Å². The molecule has 13 nitrogen and oxygen atoms in total. The van der Waals surface area contributed by atoms with Gasteiger partial charge in [0.25, 0.3) is 9.84 Å². The Hall–Kier alpha value is -5.34. The molecule has 422 valence electrons. The Morgan fingerprint density at radius 1 is 0.810 bits per heavy atom. The molecule has 0 spiro atoms. The number of carboxylic acid groups (broad SMARTS) is 1. The maximum atomic E-state index is 15.9. The van der Waals surface area contributed by atoms with Crippen LogP contribution >= 0.6 is 30.9 Å². The number of carbonyl (C=O) groups is 1. The lowest BCUT2D eigenvalue weighted by atomic mass is 9.95. The zero-order chi connectivity index (χ0) is 56.6. The molecule has 0 saturated carbocycles. The molecule has 0 bridgehead atoms. The van der Waals surface area contributed by atoms with E-state index >= 15 is 8.96 Å². The number of rotatable bonds is 18. The minimum atomic E-state index is -5.93. The van der Waals surface area contributed by atoms with Gasteiger partial charge in [-0.3, -0.25) is 14.0 Å². The summed E-state index contributed by atoms with van der Waals surface area (Å²) in [6, 6.07) is 31.9. The van der Waals surface area contributed by atoms with Gasteiger partial charge >= 0.3 is 19.0 Å². The number of halogens is 5. The third kappa shape index (κ3) is 12.6. The fraction of sp³-hybridized carbons (Fsp3) is 0.386. The summed E-state index contributed by atoms with van der Waals surface area (Å²) < 4.78 is 138. The Labute approximate surface area is 468 Å². The maximum absolute atomic E-state index is 15.9.